The van der Waals surface area contributed by atoms with Gasteiger partial charge in [0.05, 0.1) is 18.6 Å². The van der Waals surface area contributed by atoms with Crippen molar-refractivity contribution in [2.24, 2.45) is 0 Å². The van der Waals surface area contributed by atoms with E-state index >= 15 is 0 Å². The molecule has 0 fully saturated rings. The van der Waals surface area contributed by atoms with Crippen LogP contribution in [-0.4, -0.2) is 43.8 Å². The number of fused-ring (bicyclic) bond motifs is 1. The lowest BCUT2D eigenvalue weighted by atomic mass is 10.0. The standard InChI is InChI=1S/C16H15ClF3N3O2/c1-15(25,16(18,19)20)14(24)22-7-6-13-12(8-22)21-9-23(13)11-4-2-10(17)3-5-11/h2-5,9,25H,6-8H2,1H3/t15-/m1/s1. The van der Waals surface area contributed by atoms with Gasteiger partial charge in [0, 0.05) is 29.4 Å². The van der Waals surface area contributed by atoms with Crippen LogP contribution >= 0.6 is 11.6 Å². The maximum Gasteiger partial charge on any atom is 0.426 e. The summed E-state index contributed by atoms with van der Waals surface area (Å²) >= 11 is 5.87. The van der Waals surface area contributed by atoms with E-state index in [1.807, 2.05) is 4.57 Å². The van der Waals surface area contributed by atoms with Gasteiger partial charge in [0.25, 0.3) is 5.91 Å². The predicted octanol–water partition coefficient (Wildman–Crippen LogP) is 2.72. The quantitative estimate of drug-likeness (QED) is 0.880. The third kappa shape index (κ3) is 3.11. The Labute approximate surface area is 146 Å². The minimum absolute atomic E-state index is 0.0668. The minimum Gasteiger partial charge on any atom is -0.373 e. The molecule has 0 saturated carbocycles. The van der Waals surface area contributed by atoms with Crippen molar-refractivity contribution < 1.29 is 23.1 Å². The fraction of sp³-hybridized carbons (Fsp3) is 0.375. The minimum atomic E-state index is -5.03. The number of carbonyl (C=O) groups excluding carboxylic acids is 1. The Balaban J connectivity index is 1.84. The Morgan fingerprint density at radius 1 is 1.28 bits per heavy atom. The van der Waals surface area contributed by atoms with E-state index in [0.717, 1.165) is 16.3 Å². The molecule has 134 valence electrons. The highest BCUT2D eigenvalue weighted by Crippen LogP contribution is 2.33. The second-order valence-corrected chi connectivity index (χ2v) is 6.47. The monoisotopic (exact) mass is 373 g/mol. The molecule has 0 radical (unpaired) electrons. The number of benzene rings is 1. The van der Waals surface area contributed by atoms with Crippen molar-refractivity contribution in [3.05, 3.63) is 47.0 Å². The SMILES string of the molecule is C[C@@](O)(C(=O)N1CCc2c(ncn2-c2ccc(Cl)cc2)C1)C(F)(F)F. The zero-order valence-electron chi connectivity index (χ0n) is 13.2. The first-order valence-corrected chi connectivity index (χ1v) is 7.88. The van der Waals surface area contributed by atoms with E-state index in [1.165, 1.54) is 0 Å². The number of nitrogens with zero attached hydrogens (tertiary/aromatic N) is 3. The summed E-state index contributed by atoms with van der Waals surface area (Å²) in [5, 5.41) is 10.2. The Bertz CT molecular complexity index is 800. The van der Waals surface area contributed by atoms with E-state index in [9.17, 15) is 23.1 Å². The number of aliphatic hydroxyl groups is 1. The summed E-state index contributed by atoms with van der Waals surface area (Å²) in [6, 6.07) is 7.05. The molecule has 0 bridgehead atoms. The first kappa shape index (κ1) is 17.8. The topological polar surface area (TPSA) is 58.4 Å². The molecule has 1 aromatic carbocycles. The number of halogens is 4. The molecule has 25 heavy (non-hydrogen) atoms. The van der Waals surface area contributed by atoms with Gasteiger partial charge < -0.3 is 14.6 Å². The van der Waals surface area contributed by atoms with Gasteiger partial charge in [-0.25, -0.2) is 4.98 Å². The molecule has 1 aromatic heterocycles. The zero-order valence-corrected chi connectivity index (χ0v) is 14.0. The number of aromatic nitrogens is 2. The van der Waals surface area contributed by atoms with Gasteiger partial charge in [-0.15, -0.1) is 0 Å². The lowest BCUT2D eigenvalue weighted by Crippen LogP contribution is -2.56. The van der Waals surface area contributed by atoms with E-state index < -0.39 is 17.7 Å². The summed E-state index contributed by atoms with van der Waals surface area (Å²) in [5.41, 5.74) is -1.27. The lowest BCUT2D eigenvalue weighted by molar-refractivity contribution is -0.250. The maximum absolute atomic E-state index is 12.9. The smallest absolute Gasteiger partial charge is 0.373 e. The van der Waals surface area contributed by atoms with E-state index in [0.29, 0.717) is 24.1 Å². The van der Waals surface area contributed by atoms with E-state index in [-0.39, 0.29) is 13.1 Å². The fourth-order valence-electron chi connectivity index (χ4n) is 2.73. The van der Waals surface area contributed by atoms with Gasteiger partial charge in [-0.05, 0) is 31.2 Å². The normalized spacial score (nSPS) is 17.1. The van der Waals surface area contributed by atoms with Crippen molar-refractivity contribution in [3.63, 3.8) is 0 Å². The number of alkyl halides is 3. The molecule has 3 rings (SSSR count). The van der Waals surface area contributed by atoms with Crippen LogP contribution in [0.4, 0.5) is 13.2 Å². The molecule has 0 unspecified atom stereocenters. The van der Waals surface area contributed by atoms with E-state index in [1.54, 1.807) is 30.6 Å². The van der Waals surface area contributed by atoms with Gasteiger partial charge in [-0.2, -0.15) is 13.2 Å². The second kappa shape index (κ2) is 6.03. The Morgan fingerprint density at radius 2 is 1.92 bits per heavy atom. The van der Waals surface area contributed by atoms with Crippen LogP contribution in [0.25, 0.3) is 5.69 Å². The molecule has 0 aliphatic carbocycles. The van der Waals surface area contributed by atoms with E-state index in [4.69, 9.17) is 11.6 Å². The molecular weight excluding hydrogens is 359 g/mol. The number of amides is 1. The Kier molecular flexibility index (Phi) is 4.28. The highest BCUT2D eigenvalue weighted by atomic mass is 35.5. The summed E-state index contributed by atoms with van der Waals surface area (Å²) in [5.74, 6) is -1.37. The Hall–Kier alpha value is -2.06. The zero-order chi connectivity index (χ0) is 18.4. The molecule has 0 spiro atoms. The lowest BCUT2D eigenvalue weighted by Gasteiger charge is -2.34. The van der Waals surface area contributed by atoms with Crippen LogP contribution < -0.4 is 0 Å². The molecule has 2 aromatic rings. The Morgan fingerprint density at radius 3 is 2.52 bits per heavy atom. The number of imidazole rings is 1. The first-order chi connectivity index (χ1) is 11.6. The fourth-order valence-corrected chi connectivity index (χ4v) is 2.86. The first-order valence-electron chi connectivity index (χ1n) is 7.51. The third-order valence-corrected chi connectivity index (χ3v) is 4.52. The number of hydrogen-bond donors (Lipinski definition) is 1. The summed E-state index contributed by atoms with van der Waals surface area (Å²) in [6.45, 7) is 0.454. The van der Waals surface area contributed by atoms with Crippen molar-refractivity contribution in [2.45, 2.75) is 31.7 Å². The van der Waals surface area contributed by atoms with Crippen LogP contribution in [0.15, 0.2) is 30.6 Å². The van der Waals surface area contributed by atoms with Gasteiger partial charge >= 0.3 is 6.18 Å². The molecule has 5 nitrogen and oxygen atoms in total. The van der Waals surface area contributed by atoms with Gasteiger partial charge in [0.15, 0.2) is 0 Å². The molecule has 1 aliphatic heterocycles. The maximum atomic E-state index is 12.9. The highest BCUT2D eigenvalue weighted by molar-refractivity contribution is 6.30. The summed E-state index contributed by atoms with van der Waals surface area (Å²) in [7, 11) is 0. The van der Waals surface area contributed by atoms with E-state index in [2.05, 4.69) is 4.98 Å². The van der Waals surface area contributed by atoms with Crippen LogP contribution in [-0.2, 0) is 17.8 Å². The van der Waals surface area contributed by atoms with Crippen LogP contribution in [0.2, 0.25) is 5.02 Å². The van der Waals surface area contributed by atoms with Gasteiger partial charge in [-0.3, -0.25) is 4.79 Å². The average Bonchev–Trinajstić information content (AvgIpc) is 2.97. The summed E-state index contributed by atoms with van der Waals surface area (Å²) < 4.78 is 40.4. The van der Waals surface area contributed by atoms with Crippen molar-refractivity contribution in [1.29, 1.82) is 0 Å². The molecule has 1 aliphatic rings. The number of hydrogen-bond acceptors (Lipinski definition) is 3. The molecule has 9 heteroatoms. The highest BCUT2D eigenvalue weighted by Gasteiger charge is 2.57. The van der Waals surface area contributed by atoms with Crippen molar-refractivity contribution in [3.8, 4) is 5.69 Å². The van der Waals surface area contributed by atoms with Crippen LogP contribution in [0.5, 0.6) is 0 Å². The summed E-state index contributed by atoms with van der Waals surface area (Å²) in [4.78, 5) is 17.3. The van der Waals surface area contributed by atoms with Crippen molar-refractivity contribution >= 4 is 17.5 Å². The molecule has 1 N–H and O–H groups in total. The predicted molar refractivity (Wildman–Crippen MR) is 84.4 cm³/mol. The molecule has 1 amide bonds. The van der Waals surface area contributed by atoms with Crippen molar-refractivity contribution in [1.82, 2.24) is 14.5 Å². The third-order valence-electron chi connectivity index (χ3n) is 4.27. The number of rotatable bonds is 2. The molecule has 1 atom stereocenters. The van der Waals surface area contributed by atoms with Crippen LogP contribution in [0, 0.1) is 0 Å². The van der Waals surface area contributed by atoms with Crippen LogP contribution in [0.3, 0.4) is 0 Å². The largest absolute Gasteiger partial charge is 0.426 e. The van der Waals surface area contributed by atoms with Gasteiger partial charge in [0.2, 0.25) is 5.60 Å². The number of carbonyl (C=O) groups is 1. The van der Waals surface area contributed by atoms with Gasteiger partial charge in [-0.1, -0.05) is 11.6 Å². The average molecular weight is 374 g/mol. The second-order valence-electron chi connectivity index (χ2n) is 6.03. The molecule has 0 saturated heterocycles. The van der Waals surface area contributed by atoms with Gasteiger partial charge in [0.1, 0.15) is 0 Å². The van der Waals surface area contributed by atoms with Crippen LogP contribution in [0.1, 0.15) is 18.3 Å². The summed E-state index contributed by atoms with van der Waals surface area (Å²) in [6.07, 6.45) is -3.14. The molecule has 2 heterocycles. The molecular formula is C16H15ClF3N3O2. The van der Waals surface area contributed by atoms with Crippen molar-refractivity contribution in [2.75, 3.05) is 6.54 Å².